The van der Waals surface area contributed by atoms with Gasteiger partial charge in [0.05, 0.1) is 7.11 Å². The van der Waals surface area contributed by atoms with Crippen LogP contribution >= 0.6 is 22.6 Å². The van der Waals surface area contributed by atoms with E-state index < -0.39 is 0 Å². The topological polar surface area (TPSA) is 9.23 Å². The predicted octanol–water partition coefficient (Wildman–Crippen LogP) is 3.72. The molecule has 0 saturated carbocycles. The molecule has 1 atom stereocenters. The lowest BCUT2D eigenvalue weighted by Gasteiger charge is -2.10. The Bertz CT molecular complexity index is 288. The Balaban J connectivity index is 3.03. The number of hydrogen-bond donors (Lipinski definition) is 0. The number of methoxy groups -OCH3 is 1. The molecule has 72 valence electrons. The van der Waals surface area contributed by atoms with Crippen molar-refractivity contribution in [2.75, 3.05) is 7.11 Å². The second-order valence-electron chi connectivity index (χ2n) is 2.76. The highest BCUT2D eigenvalue weighted by atomic mass is 127. The van der Waals surface area contributed by atoms with Gasteiger partial charge in [0, 0.05) is 9.49 Å². The molecule has 0 radical (unpaired) electrons. The molecule has 0 aliphatic heterocycles. The summed E-state index contributed by atoms with van der Waals surface area (Å²) in [6.07, 6.45) is 0.921. The van der Waals surface area contributed by atoms with E-state index in [1.165, 1.54) is 6.07 Å². The summed E-state index contributed by atoms with van der Waals surface area (Å²) in [6, 6.07) is 4.85. The molecule has 13 heavy (non-hydrogen) atoms. The Morgan fingerprint density at radius 2 is 2.23 bits per heavy atom. The van der Waals surface area contributed by atoms with Gasteiger partial charge in [-0.2, -0.15) is 0 Å². The quantitative estimate of drug-likeness (QED) is 0.610. The standard InChI is InChI=1S/C10H12FIO/c1-3-10(12)8-6-7(13-2)4-5-9(8)11/h4-6,10H,3H2,1-2H3/t10-/m1/s1. The lowest BCUT2D eigenvalue weighted by atomic mass is 10.1. The van der Waals surface area contributed by atoms with E-state index in [0.717, 1.165) is 12.0 Å². The van der Waals surface area contributed by atoms with Crippen LogP contribution in [0.4, 0.5) is 4.39 Å². The lowest BCUT2D eigenvalue weighted by molar-refractivity contribution is 0.412. The van der Waals surface area contributed by atoms with E-state index >= 15 is 0 Å². The predicted molar refractivity (Wildman–Crippen MR) is 60.0 cm³/mol. The molecule has 0 heterocycles. The maximum atomic E-state index is 13.3. The van der Waals surface area contributed by atoms with Crippen LogP contribution in [0, 0.1) is 5.82 Å². The third kappa shape index (κ3) is 2.56. The number of rotatable bonds is 3. The van der Waals surface area contributed by atoms with Crippen LogP contribution in [0.25, 0.3) is 0 Å². The summed E-state index contributed by atoms with van der Waals surface area (Å²) in [4.78, 5) is 0. The lowest BCUT2D eigenvalue weighted by Crippen LogP contribution is -1.94. The van der Waals surface area contributed by atoms with Crippen molar-refractivity contribution < 1.29 is 9.13 Å². The van der Waals surface area contributed by atoms with Crippen molar-refractivity contribution in [1.82, 2.24) is 0 Å². The second-order valence-corrected chi connectivity index (χ2v) is 4.27. The highest BCUT2D eigenvalue weighted by Crippen LogP contribution is 2.31. The smallest absolute Gasteiger partial charge is 0.127 e. The Labute approximate surface area is 91.4 Å². The Morgan fingerprint density at radius 3 is 2.77 bits per heavy atom. The van der Waals surface area contributed by atoms with Gasteiger partial charge in [0.25, 0.3) is 0 Å². The van der Waals surface area contributed by atoms with E-state index in [0.29, 0.717) is 5.75 Å². The molecule has 3 heteroatoms. The van der Waals surface area contributed by atoms with Crippen LogP contribution in [0.1, 0.15) is 22.8 Å². The summed E-state index contributed by atoms with van der Waals surface area (Å²) in [5.41, 5.74) is 0.724. The third-order valence-corrected chi connectivity index (χ3v) is 3.45. The summed E-state index contributed by atoms with van der Waals surface area (Å²) < 4.78 is 18.5. The average molecular weight is 294 g/mol. The minimum absolute atomic E-state index is 0.151. The van der Waals surface area contributed by atoms with E-state index in [4.69, 9.17) is 4.74 Å². The van der Waals surface area contributed by atoms with Crippen molar-refractivity contribution in [3.05, 3.63) is 29.6 Å². The number of alkyl halides is 1. The normalized spacial score (nSPS) is 12.6. The van der Waals surface area contributed by atoms with Crippen LogP contribution in [-0.4, -0.2) is 7.11 Å². The van der Waals surface area contributed by atoms with Crippen molar-refractivity contribution in [3.63, 3.8) is 0 Å². The molecule has 1 rings (SSSR count). The summed E-state index contributed by atoms with van der Waals surface area (Å²) in [7, 11) is 1.59. The molecule has 0 saturated heterocycles. The first-order valence-electron chi connectivity index (χ1n) is 4.16. The Morgan fingerprint density at radius 1 is 1.54 bits per heavy atom. The largest absolute Gasteiger partial charge is 0.497 e. The first-order valence-corrected chi connectivity index (χ1v) is 5.41. The summed E-state index contributed by atoms with van der Waals surface area (Å²) in [5.74, 6) is 0.563. The van der Waals surface area contributed by atoms with Crippen molar-refractivity contribution >= 4 is 22.6 Å². The monoisotopic (exact) mass is 294 g/mol. The zero-order valence-corrected chi connectivity index (χ0v) is 9.84. The fraction of sp³-hybridized carbons (Fsp3) is 0.400. The molecule has 0 N–H and O–H groups in total. The average Bonchev–Trinajstić information content (AvgIpc) is 2.17. The first-order chi connectivity index (χ1) is 6.19. The van der Waals surface area contributed by atoms with Crippen LogP contribution in [0.5, 0.6) is 5.75 Å². The van der Waals surface area contributed by atoms with Crippen molar-refractivity contribution in [2.24, 2.45) is 0 Å². The minimum atomic E-state index is -0.151. The zero-order chi connectivity index (χ0) is 9.84. The van der Waals surface area contributed by atoms with Gasteiger partial charge in [0.1, 0.15) is 11.6 Å². The van der Waals surface area contributed by atoms with E-state index in [9.17, 15) is 4.39 Å². The highest BCUT2D eigenvalue weighted by Gasteiger charge is 2.11. The molecule has 0 amide bonds. The molecule has 0 aliphatic rings. The fourth-order valence-corrected chi connectivity index (χ4v) is 1.59. The van der Waals surface area contributed by atoms with Crippen LogP contribution < -0.4 is 4.74 Å². The van der Waals surface area contributed by atoms with Gasteiger partial charge in [0.15, 0.2) is 0 Å². The van der Waals surface area contributed by atoms with Crippen LogP contribution in [-0.2, 0) is 0 Å². The first kappa shape index (κ1) is 10.8. The fourth-order valence-electron chi connectivity index (χ4n) is 1.11. The molecule has 0 spiro atoms. The van der Waals surface area contributed by atoms with Gasteiger partial charge in [-0.05, 0) is 24.6 Å². The van der Waals surface area contributed by atoms with Gasteiger partial charge in [-0.3, -0.25) is 0 Å². The molecule has 0 aromatic heterocycles. The van der Waals surface area contributed by atoms with Gasteiger partial charge < -0.3 is 4.74 Å². The number of ether oxygens (including phenoxy) is 1. The summed E-state index contributed by atoms with van der Waals surface area (Å²) >= 11 is 2.23. The van der Waals surface area contributed by atoms with Crippen molar-refractivity contribution in [1.29, 1.82) is 0 Å². The van der Waals surface area contributed by atoms with Gasteiger partial charge >= 0.3 is 0 Å². The molecule has 1 aromatic carbocycles. The SMILES string of the molecule is CC[C@@H](I)c1cc(OC)ccc1F. The van der Waals surface area contributed by atoms with Crippen molar-refractivity contribution in [3.8, 4) is 5.75 Å². The third-order valence-electron chi connectivity index (χ3n) is 1.90. The van der Waals surface area contributed by atoms with Gasteiger partial charge in [-0.1, -0.05) is 29.5 Å². The molecule has 0 aliphatic carbocycles. The number of halogens is 2. The van der Waals surface area contributed by atoms with Crippen molar-refractivity contribution in [2.45, 2.75) is 17.3 Å². The van der Waals surface area contributed by atoms with Crippen LogP contribution in [0.15, 0.2) is 18.2 Å². The van der Waals surface area contributed by atoms with Crippen LogP contribution in [0.3, 0.4) is 0 Å². The molecule has 1 aromatic rings. The van der Waals surface area contributed by atoms with E-state index in [2.05, 4.69) is 22.6 Å². The Hall–Kier alpha value is -0.320. The second kappa shape index (κ2) is 4.79. The van der Waals surface area contributed by atoms with Gasteiger partial charge in [0.2, 0.25) is 0 Å². The summed E-state index contributed by atoms with van der Waals surface area (Å²) in [5, 5.41) is 0. The van der Waals surface area contributed by atoms with Gasteiger partial charge in [-0.25, -0.2) is 4.39 Å². The molecule has 0 unspecified atom stereocenters. The molecule has 0 bridgehead atoms. The summed E-state index contributed by atoms with van der Waals surface area (Å²) in [6.45, 7) is 2.04. The maximum absolute atomic E-state index is 13.3. The van der Waals surface area contributed by atoms with E-state index in [1.54, 1.807) is 19.2 Å². The molecule has 0 fully saturated rings. The number of benzene rings is 1. The Kier molecular flexibility index (Phi) is 3.96. The van der Waals surface area contributed by atoms with E-state index in [-0.39, 0.29) is 9.74 Å². The van der Waals surface area contributed by atoms with Crippen LogP contribution in [0.2, 0.25) is 0 Å². The number of hydrogen-bond acceptors (Lipinski definition) is 1. The zero-order valence-electron chi connectivity index (χ0n) is 7.68. The minimum Gasteiger partial charge on any atom is -0.497 e. The van der Waals surface area contributed by atoms with Gasteiger partial charge in [-0.15, -0.1) is 0 Å². The molecule has 1 nitrogen and oxygen atoms in total. The highest BCUT2D eigenvalue weighted by molar-refractivity contribution is 14.1. The molecular formula is C10H12FIO. The van der Waals surface area contributed by atoms with E-state index in [1.807, 2.05) is 6.92 Å². The molecular weight excluding hydrogens is 282 g/mol. The maximum Gasteiger partial charge on any atom is 0.127 e.